The lowest BCUT2D eigenvalue weighted by atomic mass is 10.1. The minimum absolute atomic E-state index is 0.0624. The molecule has 1 aliphatic heterocycles. The second-order valence-electron chi connectivity index (χ2n) is 4.82. The summed E-state index contributed by atoms with van der Waals surface area (Å²) in [5, 5.41) is 12.2. The first kappa shape index (κ1) is 13.7. The van der Waals surface area contributed by atoms with Gasteiger partial charge >= 0.3 is 0 Å². The molecule has 0 spiro atoms. The minimum Gasteiger partial charge on any atom is -0.489 e. The van der Waals surface area contributed by atoms with Crippen LogP contribution >= 0.6 is 0 Å². The Morgan fingerprint density at radius 3 is 2.89 bits per heavy atom. The van der Waals surface area contributed by atoms with Gasteiger partial charge in [-0.3, -0.25) is 4.79 Å². The third-order valence-electron chi connectivity index (χ3n) is 3.04. The Labute approximate surface area is 113 Å². The normalized spacial score (nSPS) is 19.5. The third-order valence-corrected chi connectivity index (χ3v) is 3.04. The van der Waals surface area contributed by atoms with Crippen molar-refractivity contribution in [3.63, 3.8) is 0 Å². The maximum Gasteiger partial charge on any atom is 0.245 e. The van der Waals surface area contributed by atoms with Gasteiger partial charge in [0, 0.05) is 13.1 Å². The monoisotopic (exact) mass is 264 g/mol. The number of nitrogens with one attached hydrogen (secondary N) is 1. The summed E-state index contributed by atoms with van der Waals surface area (Å²) in [6, 6.07) is 7.06. The molecule has 0 bridgehead atoms. The topological polar surface area (TPSA) is 61.8 Å². The number of hydrogen-bond donors (Lipinski definition) is 2. The highest BCUT2D eigenvalue weighted by Gasteiger charge is 2.30. The molecule has 1 aromatic rings. The van der Waals surface area contributed by atoms with Crippen LogP contribution in [-0.2, 0) is 4.79 Å². The van der Waals surface area contributed by atoms with Crippen LogP contribution in [0.3, 0.4) is 0 Å². The molecule has 2 rings (SSSR count). The van der Waals surface area contributed by atoms with Gasteiger partial charge in [-0.25, -0.2) is 0 Å². The molecule has 2 N–H and O–H groups in total. The summed E-state index contributed by atoms with van der Waals surface area (Å²) in [7, 11) is 0. The second-order valence-corrected chi connectivity index (χ2v) is 4.82. The third kappa shape index (κ3) is 2.98. The average Bonchev–Trinajstić information content (AvgIpc) is 2.38. The van der Waals surface area contributed by atoms with Crippen LogP contribution in [0.5, 0.6) is 5.75 Å². The molecule has 1 aromatic carbocycles. The molecule has 5 nitrogen and oxygen atoms in total. The van der Waals surface area contributed by atoms with E-state index in [0.29, 0.717) is 13.1 Å². The van der Waals surface area contributed by atoms with E-state index < -0.39 is 6.04 Å². The Bertz CT molecular complexity index is 448. The number of carbonyl (C=O) groups excluding carboxylic acids is 1. The number of benzene rings is 1. The number of carbonyl (C=O) groups is 1. The van der Waals surface area contributed by atoms with Crippen molar-refractivity contribution < 1.29 is 14.6 Å². The van der Waals surface area contributed by atoms with Crippen molar-refractivity contribution in [1.29, 1.82) is 0 Å². The van der Waals surface area contributed by atoms with Crippen LogP contribution in [0.2, 0.25) is 0 Å². The van der Waals surface area contributed by atoms with Crippen LogP contribution < -0.4 is 15.0 Å². The highest BCUT2D eigenvalue weighted by Crippen LogP contribution is 2.30. The Morgan fingerprint density at radius 1 is 1.47 bits per heavy atom. The first-order valence-corrected chi connectivity index (χ1v) is 6.54. The quantitative estimate of drug-likeness (QED) is 0.843. The van der Waals surface area contributed by atoms with E-state index in [1.807, 2.05) is 43.0 Å². The lowest BCUT2D eigenvalue weighted by molar-refractivity contribution is -0.124. The fourth-order valence-corrected chi connectivity index (χ4v) is 2.23. The number of para-hydroxylation sites is 2. The fourth-order valence-electron chi connectivity index (χ4n) is 2.23. The van der Waals surface area contributed by atoms with E-state index in [0.717, 1.165) is 11.4 Å². The SMILES string of the molecule is CC(C)Oc1ccccc1N1CCNC(=O)C1CO. The van der Waals surface area contributed by atoms with Gasteiger partial charge in [-0.1, -0.05) is 12.1 Å². The molecule has 1 heterocycles. The maximum absolute atomic E-state index is 11.8. The molecule has 0 aliphatic carbocycles. The first-order valence-electron chi connectivity index (χ1n) is 6.54. The van der Waals surface area contributed by atoms with E-state index >= 15 is 0 Å². The number of rotatable bonds is 4. The lowest BCUT2D eigenvalue weighted by Gasteiger charge is -2.36. The van der Waals surface area contributed by atoms with Gasteiger partial charge in [0.25, 0.3) is 0 Å². The zero-order valence-corrected chi connectivity index (χ0v) is 11.3. The summed E-state index contributed by atoms with van der Waals surface area (Å²) in [5.74, 6) is 0.596. The molecule has 0 aromatic heterocycles. The van der Waals surface area contributed by atoms with Gasteiger partial charge in [-0.2, -0.15) is 0 Å². The molecule has 1 amide bonds. The Kier molecular flexibility index (Phi) is 4.27. The predicted molar refractivity (Wildman–Crippen MR) is 73.4 cm³/mol. The van der Waals surface area contributed by atoms with Crippen molar-refractivity contribution in [3.8, 4) is 5.75 Å². The molecule has 104 valence electrons. The zero-order valence-electron chi connectivity index (χ0n) is 11.3. The standard InChI is InChI=1S/C14H20N2O3/c1-10(2)19-13-6-4-3-5-11(13)16-8-7-15-14(18)12(16)9-17/h3-6,10,12,17H,7-9H2,1-2H3,(H,15,18). The molecule has 1 aliphatic rings. The number of amides is 1. The highest BCUT2D eigenvalue weighted by molar-refractivity contribution is 5.87. The van der Waals surface area contributed by atoms with Crippen LogP contribution in [0.1, 0.15) is 13.8 Å². The molecule has 1 saturated heterocycles. The van der Waals surface area contributed by atoms with Gasteiger partial charge in [0.1, 0.15) is 11.8 Å². The van der Waals surface area contributed by atoms with Crippen molar-refractivity contribution in [2.45, 2.75) is 26.0 Å². The second kappa shape index (κ2) is 5.93. The van der Waals surface area contributed by atoms with Crippen molar-refractivity contribution in [2.75, 3.05) is 24.6 Å². The molecule has 1 fully saturated rings. The number of nitrogens with zero attached hydrogens (tertiary/aromatic N) is 1. The van der Waals surface area contributed by atoms with Gasteiger partial charge < -0.3 is 20.1 Å². The Hall–Kier alpha value is -1.75. The first-order chi connectivity index (χ1) is 9.13. The largest absolute Gasteiger partial charge is 0.489 e. The molecular formula is C14H20N2O3. The maximum atomic E-state index is 11.8. The number of aliphatic hydroxyl groups is 1. The molecule has 5 heteroatoms. The van der Waals surface area contributed by atoms with E-state index in [-0.39, 0.29) is 18.6 Å². The van der Waals surface area contributed by atoms with E-state index in [1.165, 1.54) is 0 Å². The summed E-state index contributed by atoms with van der Waals surface area (Å²) in [5.41, 5.74) is 0.852. The lowest BCUT2D eigenvalue weighted by Crippen LogP contribution is -2.57. The summed E-state index contributed by atoms with van der Waals surface area (Å²) < 4.78 is 5.77. The fraction of sp³-hybridized carbons (Fsp3) is 0.500. The van der Waals surface area contributed by atoms with Gasteiger partial charge in [-0.15, -0.1) is 0 Å². The van der Waals surface area contributed by atoms with E-state index in [4.69, 9.17) is 4.74 Å². The van der Waals surface area contributed by atoms with E-state index in [1.54, 1.807) is 0 Å². The highest BCUT2D eigenvalue weighted by atomic mass is 16.5. The van der Waals surface area contributed by atoms with E-state index in [2.05, 4.69) is 5.32 Å². The number of aliphatic hydroxyl groups excluding tert-OH is 1. The average molecular weight is 264 g/mol. The van der Waals surface area contributed by atoms with Crippen molar-refractivity contribution in [3.05, 3.63) is 24.3 Å². The summed E-state index contributed by atoms with van der Waals surface area (Å²) >= 11 is 0. The summed E-state index contributed by atoms with van der Waals surface area (Å²) in [4.78, 5) is 13.7. The number of anilines is 1. The van der Waals surface area contributed by atoms with E-state index in [9.17, 15) is 9.90 Å². The van der Waals surface area contributed by atoms with Crippen LogP contribution in [0, 0.1) is 0 Å². The van der Waals surface area contributed by atoms with Crippen LogP contribution in [0.4, 0.5) is 5.69 Å². The molecule has 0 saturated carbocycles. The predicted octanol–water partition coefficient (Wildman–Crippen LogP) is 0.771. The smallest absolute Gasteiger partial charge is 0.245 e. The van der Waals surface area contributed by atoms with Crippen LogP contribution in [0.25, 0.3) is 0 Å². The Balaban J connectivity index is 2.31. The molecule has 19 heavy (non-hydrogen) atoms. The van der Waals surface area contributed by atoms with Gasteiger partial charge in [-0.05, 0) is 26.0 Å². The molecule has 1 unspecified atom stereocenters. The van der Waals surface area contributed by atoms with Gasteiger partial charge in [0.15, 0.2) is 0 Å². The van der Waals surface area contributed by atoms with Crippen molar-refractivity contribution in [2.24, 2.45) is 0 Å². The summed E-state index contributed by atoms with van der Waals surface area (Å²) in [6.07, 6.45) is 0.0624. The number of piperazine rings is 1. The van der Waals surface area contributed by atoms with Crippen molar-refractivity contribution >= 4 is 11.6 Å². The molecule has 0 radical (unpaired) electrons. The molecular weight excluding hydrogens is 244 g/mol. The van der Waals surface area contributed by atoms with Crippen molar-refractivity contribution in [1.82, 2.24) is 5.32 Å². The van der Waals surface area contributed by atoms with Crippen LogP contribution in [0.15, 0.2) is 24.3 Å². The number of ether oxygens (including phenoxy) is 1. The van der Waals surface area contributed by atoms with Crippen LogP contribution in [-0.4, -0.2) is 42.9 Å². The van der Waals surface area contributed by atoms with Gasteiger partial charge in [0.2, 0.25) is 5.91 Å². The summed E-state index contributed by atoms with van der Waals surface area (Å²) in [6.45, 7) is 4.95. The number of hydrogen-bond acceptors (Lipinski definition) is 4. The minimum atomic E-state index is -0.550. The van der Waals surface area contributed by atoms with Gasteiger partial charge in [0.05, 0.1) is 18.4 Å². The zero-order chi connectivity index (χ0) is 13.8. The molecule has 1 atom stereocenters. The Morgan fingerprint density at radius 2 is 2.21 bits per heavy atom.